The topological polar surface area (TPSA) is 48.8 Å². The largest absolute Gasteiger partial charge is 0.368 e. The third-order valence-corrected chi connectivity index (χ3v) is 5.33. The number of nitrogens with zero attached hydrogens (tertiary/aromatic N) is 4. The number of anilines is 1. The molecule has 2 aliphatic heterocycles. The molecule has 0 bridgehead atoms. The van der Waals surface area contributed by atoms with Crippen LogP contribution in [-0.2, 0) is 4.79 Å². The van der Waals surface area contributed by atoms with Crippen LogP contribution in [0.4, 0.5) is 5.69 Å². The molecule has 126 valence electrons. The smallest absolute Gasteiger partial charge is 0.286 e. The van der Waals surface area contributed by atoms with Crippen molar-refractivity contribution in [2.45, 2.75) is 0 Å². The van der Waals surface area contributed by atoms with Crippen LogP contribution in [0.2, 0.25) is 0 Å². The van der Waals surface area contributed by atoms with Crippen LogP contribution in [0.1, 0.15) is 5.56 Å². The van der Waals surface area contributed by atoms with Gasteiger partial charge in [0.2, 0.25) is 0 Å². The molecule has 0 spiro atoms. The summed E-state index contributed by atoms with van der Waals surface area (Å²) in [6, 6.07) is 14.2. The SMILES string of the molecule is O=C1N=C(N2CCN(c3ccccc3)CC2)S/C1=C/c1ccncc1. The van der Waals surface area contributed by atoms with E-state index in [9.17, 15) is 4.79 Å². The Balaban J connectivity index is 1.40. The van der Waals surface area contributed by atoms with Crippen molar-refractivity contribution in [3.05, 3.63) is 65.3 Å². The van der Waals surface area contributed by atoms with Crippen LogP contribution in [0.3, 0.4) is 0 Å². The lowest BCUT2D eigenvalue weighted by Crippen LogP contribution is -2.47. The number of hydrogen-bond acceptors (Lipinski definition) is 5. The van der Waals surface area contributed by atoms with Gasteiger partial charge in [-0.2, -0.15) is 4.99 Å². The van der Waals surface area contributed by atoms with Crippen LogP contribution in [0.15, 0.2) is 64.8 Å². The standard InChI is InChI=1S/C19H18N4OS/c24-18-17(14-15-6-8-20-9-7-15)25-19(21-18)23-12-10-22(11-13-23)16-4-2-1-3-5-16/h1-9,14H,10-13H2/b17-14+. The number of aromatic nitrogens is 1. The van der Waals surface area contributed by atoms with E-state index in [4.69, 9.17) is 0 Å². The van der Waals surface area contributed by atoms with Crippen LogP contribution in [0.5, 0.6) is 0 Å². The van der Waals surface area contributed by atoms with Crippen LogP contribution >= 0.6 is 11.8 Å². The van der Waals surface area contributed by atoms with Gasteiger partial charge in [-0.15, -0.1) is 0 Å². The summed E-state index contributed by atoms with van der Waals surface area (Å²) in [6.07, 6.45) is 5.33. The first kappa shape index (κ1) is 15.9. The average Bonchev–Trinajstić information content (AvgIpc) is 3.04. The Kier molecular flexibility index (Phi) is 4.52. The molecule has 4 rings (SSSR count). The molecule has 0 atom stereocenters. The number of thioether (sulfide) groups is 1. The third-order valence-electron chi connectivity index (χ3n) is 4.28. The zero-order valence-corrected chi connectivity index (χ0v) is 14.5. The second-order valence-electron chi connectivity index (χ2n) is 5.90. The molecule has 6 heteroatoms. The van der Waals surface area contributed by atoms with Crippen molar-refractivity contribution in [1.82, 2.24) is 9.88 Å². The number of para-hydroxylation sites is 1. The highest BCUT2D eigenvalue weighted by Crippen LogP contribution is 2.30. The van der Waals surface area contributed by atoms with Crippen molar-refractivity contribution in [2.75, 3.05) is 31.1 Å². The summed E-state index contributed by atoms with van der Waals surface area (Å²) >= 11 is 1.47. The fraction of sp³-hybridized carbons (Fsp3) is 0.211. The van der Waals surface area contributed by atoms with Gasteiger partial charge in [0.25, 0.3) is 5.91 Å². The summed E-state index contributed by atoms with van der Waals surface area (Å²) in [6.45, 7) is 3.61. The van der Waals surface area contributed by atoms with E-state index in [2.05, 4.69) is 44.0 Å². The van der Waals surface area contributed by atoms with E-state index in [1.165, 1.54) is 17.4 Å². The van der Waals surface area contributed by atoms with Crippen molar-refractivity contribution in [3.63, 3.8) is 0 Å². The van der Waals surface area contributed by atoms with E-state index in [0.29, 0.717) is 4.91 Å². The number of aliphatic imine (C=N–C) groups is 1. The predicted molar refractivity (Wildman–Crippen MR) is 102 cm³/mol. The van der Waals surface area contributed by atoms with Gasteiger partial charge in [-0.05, 0) is 47.7 Å². The van der Waals surface area contributed by atoms with E-state index in [1.807, 2.05) is 24.3 Å². The summed E-state index contributed by atoms with van der Waals surface area (Å²) in [5.41, 5.74) is 2.22. The molecule has 0 unspecified atom stereocenters. The molecule has 1 saturated heterocycles. The van der Waals surface area contributed by atoms with Crippen molar-refractivity contribution >= 4 is 34.6 Å². The zero-order valence-electron chi connectivity index (χ0n) is 13.7. The highest BCUT2D eigenvalue weighted by molar-refractivity contribution is 8.18. The van der Waals surface area contributed by atoms with Gasteiger partial charge in [-0.1, -0.05) is 18.2 Å². The van der Waals surface area contributed by atoms with Gasteiger partial charge in [0.05, 0.1) is 4.91 Å². The summed E-state index contributed by atoms with van der Waals surface area (Å²) in [5, 5.41) is 0.818. The second-order valence-corrected chi connectivity index (χ2v) is 6.91. The Morgan fingerprint density at radius 1 is 0.920 bits per heavy atom. The number of hydrogen-bond donors (Lipinski definition) is 0. The van der Waals surface area contributed by atoms with Crippen LogP contribution < -0.4 is 4.90 Å². The van der Waals surface area contributed by atoms with Crippen LogP contribution in [-0.4, -0.2) is 47.1 Å². The number of benzene rings is 1. The van der Waals surface area contributed by atoms with Crippen LogP contribution in [0.25, 0.3) is 6.08 Å². The zero-order chi connectivity index (χ0) is 17.1. The molecule has 0 aliphatic carbocycles. The van der Waals surface area contributed by atoms with Gasteiger partial charge >= 0.3 is 0 Å². The molecule has 0 saturated carbocycles. The number of carbonyl (C=O) groups is 1. The van der Waals surface area contributed by atoms with E-state index >= 15 is 0 Å². The van der Waals surface area contributed by atoms with Gasteiger partial charge in [0.1, 0.15) is 0 Å². The molecule has 1 fully saturated rings. The molecule has 1 aromatic carbocycles. The number of amides is 1. The van der Waals surface area contributed by atoms with Crippen molar-refractivity contribution in [2.24, 2.45) is 4.99 Å². The molecule has 0 N–H and O–H groups in total. The Morgan fingerprint density at radius 3 is 2.32 bits per heavy atom. The average molecular weight is 350 g/mol. The van der Waals surface area contributed by atoms with Crippen molar-refractivity contribution < 1.29 is 4.79 Å². The summed E-state index contributed by atoms with van der Waals surface area (Å²) in [7, 11) is 0. The highest BCUT2D eigenvalue weighted by atomic mass is 32.2. The molecule has 3 heterocycles. The normalized spacial score (nSPS) is 19.4. The van der Waals surface area contributed by atoms with E-state index in [-0.39, 0.29) is 5.91 Å². The molecule has 1 amide bonds. The number of carbonyl (C=O) groups excluding carboxylic acids is 1. The van der Waals surface area contributed by atoms with Gasteiger partial charge in [-0.25, -0.2) is 0 Å². The summed E-state index contributed by atoms with van der Waals surface area (Å²) in [5.74, 6) is -0.151. The maximum absolute atomic E-state index is 12.2. The monoisotopic (exact) mass is 350 g/mol. The number of rotatable bonds is 2. The minimum absolute atomic E-state index is 0.151. The molecule has 2 aromatic rings. The van der Waals surface area contributed by atoms with Gasteiger partial charge in [0, 0.05) is 44.3 Å². The fourth-order valence-corrected chi connectivity index (χ4v) is 3.90. The minimum atomic E-state index is -0.151. The number of amidine groups is 1. The third kappa shape index (κ3) is 3.58. The summed E-state index contributed by atoms with van der Waals surface area (Å²) in [4.78, 5) is 25.7. The maximum atomic E-state index is 12.2. The van der Waals surface area contributed by atoms with Crippen molar-refractivity contribution in [3.8, 4) is 0 Å². The highest BCUT2D eigenvalue weighted by Gasteiger charge is 2.28. The fourth-order valence-electron chi connectivity index (χ4n) is 2.94. The molecule has 5 nitrogen and oxygen atoms in total. The van der Waals surface area contributed by atoms with E-state index < -0.39 is 0 Å². The number of piperazine rings is 1. The molecule has 0 radical (unpaired) electrons. The molecule has 25 heavy (non-hydrogen) atoms. The Morgan fingerprint density at radius 2 is 1.60 bits per heavy atom. The molecular weight excluding hydrogens is 332 g/mol. The Hall–Kier alpha value is -2.60. The first-order valence-electron chi connectivity index (χ1n) is 8.27. The van der Waals surface area contributed by atoms with Gasteiger partial charge < -0.3 is 9.80 Å². The lowest BCUT2D eigenvalue weighted by molar-refractivity contribution is -0.113. The summed E-state index contributed by atoms with van der Waals surface area (Å²) < 4.78 is 0. The lowest BCUT2D eigenvalue weighted by atomic mass is 10.2. The Bertz CT molecular complexity index is 812. The molecule has 1 aromatic heterocycles. The molecule has 2 aliphatic rings. The minimum Gasteiger partial charge on any atom is -0.368 e. The number of pyridine rings is 1. The first-order valence-corrected chi connectivity index (χ1v) is 9.09. The second kappa shape index (κ2) is 7.11. The van der Waals surface area contributed by atoms with E-state index in [1.54, 1.807) is 12.4 Å². The van der Waals surface area contributed by atoms with E-state index in [0.717, 1.165) is 36.9 Å². The lowest BCUT2D eigenvalue weighted by Gasteiger charge is -2.36. The first-order chi connectivity index (χ1) is 12.3. The Labute approximate surface area is 151 Å². The van der Waals surface area contributed by atoms with Gasteiger partial charge in [0.15, 0.2) is 5.17 Å². The van der Waals surface area contributed by atoms with Gasteiger partial charge in [-0.3, -0.25) is 9.78 Å². The molecular formula is C19H18N4OS. The quantitative estimate of drug-likeness (QED) is 0.780. The predicted octanol–water partition coefficient (Wildman–Crippen LogP) is 2.87. The maximum Gasteiger partial charge on any atom is 0.286 e. The van der Waals surface area contributed by atoms with Crippen molar-refractivity contribution in [1.29, 1.82) is 0 Å². The van der Waals surface area contributed by atoms with Crippen LogP contribution in [0, 0.1) is 0 Å².